The Bertz CT molecular complexity index is 231. The second-order valence-electron chi connectivity index (χ2n) is 6.50. The van der Waals surface area contributed by atoms with Gasteiger partial charge in [0.15, 0.2) is 0 Å². The molecule has 0 spiro atoms. The molecule has 0 bridgehead atoms. The van der Waals surface area contributed by atoms with E-state index in [9.17, 15) is 0 Å². The van der Waals surface area contributed by atoms with Crippen molar-refractivity contribution in [2.75, 3.05) is 0 Å². The topological polar surface area (TPSA) is 0 Å². The lowest BCUT2D eigenvalue weighted by Crippen LogP contribution is -2.16. The van der Waals surface area contributed by atoms with Crippen molar-refractivity contribution in [1.29, 1.82) is 0 Å². The Hall–Kier alpha value is -0.390. The summed E-state index contributed by atoms with van der Waals surface area (Å²) in [6.07, 6.45) is 12.9. The summed E-state index contributed by atoms with van der Waals surface area (Å²) in [7, 11) is 0. The zero-order valence-electron chi connectivity index (χ0n) is 14.6. The maximum Gasteiger partial charge on any atom is 0.144 e. The third-order valence-electron chi connectivity index (χ3n) is 4.36. The highest BCUT2D eigenvalue weighted by Crippen LogP contribution is 2.25. The Morgan fingerprint density at radius 3 is 1.05 bits per heavy atom. The first-order valence-corrected chi connectivity index (χ1v) is 8.94. The summed E-state index contributed by atoms with van der Waals surface area (Å²) in [4.78, 5) is 0. The molecule has 0 saturated heterocycles. The van der Waals surface area contributed by atoms with Gasteiger partial charge in [0.25, 0.3) is 0 Å². The molecule has 2 heteroatoms. The van der Waals surface area contributed by atoms with E-state index in [-0.39, 0.29) is 0 Å². The van der Waals surface area contributed by atoms with Crippen molar-refractivity contribution in [3.8, 4) is 0 Å². The SMILES string of the molecule is C=C(CB(CCC)CCC)C(=C)CB(CCC)CCC. The van der Waals surface area contributed by atoms with Gasteiger partial charge in [-0.3, -0.25) is 0 Å². The van der Waals surface area contributed by atoms with Crippen LogP contribution in [0.15, 0.2) is 24.3 Å². The van der Waals surface area contributed by atoms with Crippen LogP contribution < -0.4 is 0 Å². The normalized spacial score (nSPS) is 10.4. The smallest absolute Gasteiger partial charge is 0.0963 e. The van der Waals surface area contributed by atoms with Gasteiger partial charge in [-0.1, -0.05) is 103 Å². The minimum atomic E-state index is 0.824. The number of hydrogen-bond donors (Lipinski definition) is 0. The van der Waals surface area contributed by atoms with Gasteiger partial charge in [-0.15, -0.1) is 0 Å². The van der Waals surface area contributed by atoms with Crippen LogP contribution >= 0.6 is 0 Å². The standard InChI is InChI=1S/C18H36B2/c1-7-11-19(12-8-2)15-17(5)18(6)16-20(13-9-3)14-10-4/h5-16H2,1-4H3. The first-order chi connectivity index (χ1) is 9.58. The average molecular weight is 274 g/mol. The third kappa shape index (κ3) is 8.72. The van der Waals surface area contributed by atoms with E-state index in [1.54, 1.807) is 0 Å². The highest BCUT2D eigenvalue weighted by Gasteiger charge is 2.17. The van der Waals surface area contributed by atoms with E-state index < -0.39 is 0 Å². The first-order valence-electron chi connectivity index (χ1n) is 8.94. The fourth-order valence-corrected chi connectivity index (χ4v) is 3.32. The van der Waals surface area contributed by atoms with Crippen LogP contribution in [-0.2, 0) is 0 Å². The summed E-state index contributed by atoms with van der Waals surface area (Å²) in [5.41, 5.74) is 2.66. The van der Waals surface area contributed by atoms with Gasteiger partial charge in [0.05, 0.1) is 0 Å². The van der Waals surface area contributed by atoms with E-state index >= 15 is 0 Å². The van der Waals surface area contributed by atoms with Gasteiger partial charge in [0.2, 0.25) is 0 Å². The second-order valence-corrected chi connectivity index (χ2v) is 6.50. The molecule has 0 aromatic heterocycles. The fourth-order valence-electron chi connectivity index (χ4n) is 3.32. The highest BCUT2D eigenvalue weighted by atomic mass is 14.0. The lowest BCUT2D eigenvalue weighted by molar-refractivity contribution is 0.988. The maximum atomic E-state index is 4.33. The molecule has 0 saturated carbocycles. The molecular weight excluding hydrogens is 238 g/mol. The average Bonchev–Trinajstić information content (AvgIpc) is 2.39. The molecule has 114 valence electrons. The van der Waals surface area contributed by atoms with Crippen molar-refractivity contribution < 1.29 is 0 Å². The monoisotopic (exact) mass is 274 g/mol. The lowest BCUT2D eigenvalue weighted by atomic mass is 9.38. The zero-order valence-corrected chi connectivity index (χ0v) is 14.6. The molecule has 0 aliphatic rings. The molecule has 0 aliphatic carbocycles. The van der Waals surface area contributed by atoms with Crippen LogP contribution in [0.1, 0.15) is 53.4 Å². The number of hydrogen-bond acceptors (Lipinski definition) is 0. The van der Waals surface area contributed by atoms with Crippen LogP contribution in [-0.4, -0.2) is 13.4 Å². The largest absolute Gasteiger partial charge is 0.144 e. The Labute approximate surface area is 129 Å². The summed E-state index contributed by atoms with van der Waals surface area (Å²) in [5, 5.41) is 0. The summed E-state index contributed by atoms with van der Waals surface area (Å²) >= 11 is 0. The van der Waals surface area contributed by atoms with Crippen molar-refractivity contribution in [3.05, 3.63) is 24.3 Å². The van der Waals surface area contributed by atoms with Crippen molar-refractivity contribution in [2.24, 2.45) is 0 Å². The molecule has 0 aliphatic heterocycles. The van der Waals surface area contributed by atoms with Crippen molar-refractivity contribution in [1.82, 2.24) is 0 Å². The molecule has 0 amide bonds. The summed E-state index contributed by atoms with van der Waals surface area (Å²) in [6, 6.07) is 0. The minimum Gasteiger partial charge on any atom is -0.0963 e. The second kappa shape index (κ2) is 12.4. The van der Waals surface area contributed by atoms with E-state index in [1.165, 1.54) is 74.8 Å². The first kappa shape index (κ1) is 19.6. The van der Waals surface area contributed by atoms with E-state index in [2.05, 4.69) is 40.9 Å². The van der Waals surface area contributed by atoms with Crippen LogP contribution in [0.4, 0.5) is 0 Å². The van der Waals surface area contributed by atoms with Gasteiger partial charge in [-0.25, -0.2) is 0 Å². The summed E-state index contributed by atoms with van der Waals surface area (Å²) < 4.78 is 0. The molecule has 0 heterocycles. The molecule has 0 unspecified atom stereocenters. The van der Waals surface area contributed by atoms with Crippen molar-refractivity contribution >= 4 is 13.4 Å². The van der Waals surface area contributed by atoms with Crippen LogP contribution in [0.3, 0.4) is 0 Å². The molecule has 0 rings (SSSR count). The molecule has 0 nitrogen and oxygen atoms in total. The van der Waals surface area contributed by atoms with Gasteiger partial charge in [-0.2, -0.15) is 0 Å². The molecule has 0 fully saturated rings. The molecular formula is C18H36B2. The van der Waals surface area contributed by atoms with Crippen molar-refractivity contribution in [3.63, 3.8) is 0 Å². The van der Waals surface area contributed by atoms with Gasteiger partial charge in [0, 0.05) is 0 Å². The Kier molecular flexibility index (Phi) is 12.1. The maximum absolute atomic E-state index is 4.33. The van der Waals surface area contributed by atoms with Crippen LogP contribution in [0.25, 0.3) is 0 Å². The quantitative estimate of drug-likeness (QED) is 0.258. The predicted molar refractivity (Wildman–Crippen MR) is 99.8 cm³/mol. The van der Waals surface area contributed by atoms with Gasteiger partial charge in [0.1, 0.15) is 13.4 Å². The van der Waals surface area contributed by atoms with E-state index in [1.807, 2.05) is 0 Å². The molecule has 0 N–H and O–H groups in total. The lowest BCUT2D eigenvalue weighted by Gasteiger charge is -2.18. The van der Waals surface area contributed by atoms with Crippen LogP contribution in [0.2, 0.25) is 37.9 Å². The van der Waals surface area contributed by atoms with Gasteiger partial charge >= 0.3 is 0 Å². The van der Waals surface area contributed by atoms with E-state index in [4.69, 9.17) is 0 Å². The summed E-state index contributed by atoms with van der Waals surface area (Å²) in [5.74, 6) is 0. The molecule has 0 atom stereocenters. The van der Waals surface area contributed by atoms with E-state index in [0.29, 0.717) is 0 Å². The molecule has 0 aromatic carbocycles. The Morgan fingerprint density at radius 1 is 0.600 bits per heavy atom. The highest BCUT2D eigenvalue weighted by molar-refractivity contribution is 6.60. The van der Waals surface area contributed by atoms with Crippen LogP contribution in [0, 0.1) is 0 Å². The Balaban J connectivity index is 4.32. The Morgan fingerprint density at radius 2 is 0.850 bits per heavy atom. The third-order valence-corrected chi connectivity index (χ3v) is 4.36. The molecule has 0 radical (unpaired) electrons. The zero-order chi connectivity index (χ0) is 15.4. The molecule has 20 heavy (non-hydrogen) atoms. The van der Waals surface area contributed by atoms with E-state index in [0.717, 1.165) is 13.4 Å². The fraction of sp³-hybridized carbons (Fsp3) is 0.778. The minimum absolute atomic E-state index is 0.824. The van der Waals surface area contributed by atoms with Gasteiger partial charge < -0.3 is 0 Å². The predicted octanol–water partition coefficient (Wildman–Crippen LogP) is 6.73. The number of allylic oxidation sites excluding steroid dienone is 2. The number of rotatable bonds is 13. The van der Waals surface area contributed by atoms with Gasteiger partial charge in [-0.05, 0) is 12.6 Å². The summed E-state index contributed by atoms with van der Waals surface area (Å²) in [6.45, 7) is 19.5. The van der Waals surface area contributed by atoms with Crippen molar-refractivity contribution in [2.45, 2.75) is 91.3 Å². The molecule has 0 aromatic rings. The van der Waals surface area contributed by atoms with Crippen LogP contribution in [0.5, 0.6) is 0 Å².